The quantitative estimate of drug-likeness (QED) is 0.521. The molecular weight excluding hydrogens is 424 g/mol. The molecule has 0 radical (unpaired) electrons. The Labute approximate surface area is 207 Å². The summed E-state index contributed by atoms with van der Waals surface area (Å²) < 4.78 is 6.67. The van der Waals surface area contributed by atoms with E-state index in [1.807, 2.05) is 13.8 Å². The number of ketones is 1. The van der Waals surface area contributed by atoms with Gasteiger partial charge in [0.1, 0.15) is 5.78 Å². The predicted molar refractivity (Wildman–Crippen MR) is 134 cm³/mol. The van der Waals surface area contributed by atoms with Crippen molar-refractivity contribution >= 4 is 5.78 Å². The van der Waals surface area contributed by atoms with E-state index in [9.17, 15) is 15.0 Å². The summed E-state index contributed by atoms with van der Waals surface area (Å²) in [7, 11) is 0. The highest BCUT2D eigenvalue weighted by Gasteiger charge is 2.72. The molecule has 5 aliphatic rings. The summed E-state index contributed by atoms with van der Waals surface area (Å²) >= 11 is 0. The second kappa shape index (κ2) is 7.32. The van der Waals surface area contributed by atoms with Crippen LogP contribution in [0.1, 0.15) is 113 Å². The fourth-order valence-corrected chi connectivity index (χ4v) is 11.0. The topological polar surface area (TPSA) is 66.8 Å². The molecule has 194 valence electrons. The van der Waals surface area contributed by atoms with Crippen LogP contribution in [0.15, 0.2) is 0 Å². The number of carbonyl (C=O) groups excluding carboxylic acids is 1. The molecule has 4 nitrogen and oxygen atoms in total. The Balaban J connectivity index is 1.49. The Bertz CT molecular complexity index is 858. The lowest BCUT2D eigenvalue weighted by Crippen LogP contribution is -2.67. The van der Waals surface area contributed by atoms with E-state index in [0.29, 0.717) is 30.0 Å². The Morgan fingerprint density at radius 2 is 1.53 bits per heavy atom. The van der Waals surface area contributed by atoms with E-state index in [-0.39, 0.29) is 45.4 Å². The van der Waals surface area contributed by atoms with Gasteiger partial charge in [0.15, 0.2) is 0 Å². The van der Waals surface area contributed by atoms with Crippen molar-refractivity contribution in [1.29, 1.82) is 0 Å². The van der Waals surface area contributed by atoms with Gasteiger partial charge >= 0.3 is 0 Å². The monoisotopic (exact) mass is 474 g/mol. The SMILES string of the molecule is CC(C)(O)C1CCC(C)(C2CCC3(C)C2CC(O)C2C4(C)CCC(=O)C(C)(C)C4CCC23C)O1. The van der Waals surface area contributed by atoms with Crippen molar-refractivity contribution < 1.29 is 19.7 Å². The number of fused-ring (bicyclic) bond motifs is 5. The highest BCUT2D eigenvalue weighted by molar-refractivity contribution is 5.85. The third-order valence-corrected chi connectivity index (χ3v) is 13.0. The smallest absolute Gasteiger partial charge is 0.138 e. The molecule has 4 aliphatic carbocycles. The molecule has 1 aliphatic heterocycles. The third-order valence-electron chi connectivity index (χ3n) is 13.0. The lowest BCUT2D eigenvalue weighted by molar-refractivity contribution is -0.243. The normalized spacial score (nSPS) is 54.9. The van der Waals surface area contributed by atoms with Crippen molar-refractivity contribution in [1.82, 2.24) is 0 Å². The molecule has 5 rings (SSSR count). The predicted octanol–water partition coefficient (Wildman–Crippen LogP) is 5.92. The summed E-state index contributed by atoms with van der Waals surface area (Å²) in [6, 6.07) is 0. The van der Waals surface area contributed by atoms with E-state index in [1.54, 1.807) is 0 Å². The summed E-state index contributed by atoms with van der Waals surface area (Å²) in [6.45, 7) is 17.8. The van der Waals surface area contributed by atoms with Crippen molar-refractivity contribution in [2.45, 2.75) is 137 Å². The highest BCUT2D eigenvalue weighted by atomic mass is 16.5. The first kappa shape index (κ1) is 25.2. The van der Waals surface area contributed by atoms with Gasteiger partial charge in [-0.15, -0.1) is 0 Å². The van der Waals surface area contributed by atoms with Crippen molar-refractivity contribution in [3.63, 3.8) is 0 Å². The van der Waals surface area contributed by atoms with Gasteiger partial charge in [-0.2, -0.15) is 0 Å². The summed E-state index contributed by atoms with van der Waals surface area (Å²) in [5.74, 6) is 1.88. The van der Waals surface area contributed by atoms with Crippen LogP contribution in [0.25, 0.3) is 0 Å². The maximum absolute atomic E-state index is 12.9. The van der Waals surface area contributed by atoms with Crippen molar-refractivity contribution in [2.24, 2.45) is 45.3 Å². The van der Waals surface area contributed by atoms with Crippen LogP contribution in [-0.2, 0) is 9.53 Å². The molecule has 0 spiro atoms. The second-order valence-corrected chi connectivity index (χ2v) is 15.2. The van der Waals surface area contributed by atoms with Crippen LogP contribution in [-0.4, -0.2) is 39.4 Å². The van der Waals surface area contributed by atoms with E-state index in [0.717, 1.165) is 44.9 Å². The van der Waals surface area contributed by atoms with E-state index >= 15 is 0 Å². The molecule has 0 aromatic rings. The number of hydrogen-bond acceptors (Lipinski definition) is 4. The van der Waals surface area contributed by atoms with Crippen molar-refractivity contribution in [3.05, 3.63) is 0 Å². The van der Waals surface area contributed by atoms with Gasteiger partial charge in [-0.3, -0.25) is 4.79 Å². The number of Topliss-reactive ketones (excluding diaryl/α,β-unsaturated/α-hetero) is 1. The van der Waals surface area contributed by atoms with Crippen LogP contribution in [0.2, 0.25) is 0 Å². The molecule has 4 heteroatoms. The first-order valence-corrected chi connectivity index (χ1v) is 14.1. The van der Waals surface area contributed by atoms with Gasteiger partial charge in [0.05, 0.1) is 23.4 Å². The molecule has 5 fully saturated rings. The standard InChI is InChI=1S/C30H50O4/c1-25(2)21-10-15-29(7)24(27(21,5)13-11-22(25)32)20(31)17-19-18(9-14-28(19,29)6)30(8)16-12-23(34-30)26(3,4)33/h18-21,23-24,31,33H,9-17H2,1-8H3. The molecule has 4 saturated carbocycles. The maximum atomic E-state index is 12.9. The summed E-state index contributed by atoms with van der Waals surface area (Å²) in [5, 5.41) is 22.6. The van der Waals surface area contributed by atoms with Gasteiger partial charge in [-0.1, -0.05) is 34.6 Å². The minimum absolute atomic E-state index is 0.00958. The molecule has 0 bridgehead atoms. The largest absolute Gasteiger partial charge is 0.393 e. The van der Waals surface area contributed by atoms with Crippen LogP contribution in [0.4, 0.5) is 0 Å². The molecule has 2 N–H and O–H groups in total. The van der Waals surface area contributed by atoms with Crippen LogP contribution in [0, 0.1) is 45.3 Å². The lowest BCUT2D eigenvalue weighted by atomic mass is 9.35. The molecule has 1 saturated heterocycles. The Kier molecular flexibility index (Phi) is 5.42. The first-order valence-electron chi connectivity index (χ1n) is 14.1. The fourth-order valence-electron chi connectivity index (χ4n) is 11.0. The minimum atomic E-state index is -0.818. The zero-order chi connectivity index (χ0) is 25.1. The van der Waals surface area contributed by atoms with Crippen molar-refractivity contribution in [3.8, 4) is 0 Å². The Morgan fingerprint density at radius 3 is 2.15 bits per heavy atom. The highest BCUT2D eigenvalue weighted by Crippen LogP contribution is 2.75. The van der Waals surface area contributed by atoms with E-state index in [1.165, 1.54) is 6.42 Å². The van der Waals surface area contributed by atoms with Crippen LogP contribution in [0.3, 0.4) is 0 Å². The Morgan fingerprint density at radius 1 is 0.882 bits per heavy atom. The Hall–Kier alpha value is -0.450. The van der Waals surface area contributed by atoms with Gasteiger partial charge in [-0.05, 0) is 112 Å². The van der Waals surface area contributed by atoms with Crippen LogP contribution >= 0.6 is 0 Å². The second-order valence-electron chi connectivity index (χ2n) is 15.2. The molecule has 1 heterocycles. The molecular formula is C30H50O4. The van der Waals surface area contributed by atoms with Gasteiger partial charge in [0.2, 0.25) is 0 Å². The molecule has 0 aromatic heterocycles. The average molecular weight is 475 g/mol. The zero-order valence-corrected chi connectivity index (χ0v) is 23.0. The zero-order valence-electron chi connectivity index (χ0n) is 23.0. The van der Waals surface area contributed by atoms with E-state index in [2.05, 4.69) is 41.5 Å². The van der Waals surface area contributed by atoms with Crippen LogP contribution in [0.5, 0.6) is 0 Å². The van der Waals surface area contributed by atoms with Crippen molar-refractivity contribution in [2.75, 3.05) is 0 Å². The van der Waals surface area contributed by atoms with Gasteiger partial charge in [0, 0.05) is 11.8 Å². The van der Waals surface area contributed by atoms with Gasteiger partial charge < -0.3 is 14.9 Å². The van der Waals surface area contributed by atoms with Crippen LogP contribution < -0.4 is 0 Å². The molecule has 0 aromatic carbocycles. The summed E-state index contributed by atoms with van der Waals surface area (Å²) in [4.78, 5) is 12.9. The molecule has 10 unspecified atom stereocenters. The van der Waals surface area contributed by atoms with Gasteiger partial charge in [0.25, 0.3) is 0 Å². The lowest BCUT2D eigenvalue weighted by Gasteiger charge is -2.70. The number of ether oxygens (including phenoxy) is 1. The third kappa shape index (κ3) is 3.09. The minimum Gasteiger partial charge on any atom is -0.393 e. The fraction of sp³-hybridized carbons (Fsp3) is 0.967. The number of aliphatic hydroxyl groups excluding tert-OH is 1. The first-order chi connectivity index (χ1) is 15.5. The molecule has 34 heavy (non-hydrogen) atoms. The maximum Gasteiger partial charge on any atom is 0.138 e. The number of aliphatic hydroxyl groups is 2. The summed E-state index contributed by atoms with van der Waals surface area (Å²) in [5.41, 5.74) is -1.09. The molecule has 10 atom stereocenters. The summed E-state index contributed by atoms with van der Waals surface area (Å²) in [6.07, 6.45) is 8.44. The molecule has 0 amide bonds. The number of rotatable bonds is 2. The van der Waals surface area contributed by atoms with Gasteiger partial charge in [-0.25, -0.2) is 0 Å². The number of hydrogen-bond donors (Lipinski definition) is 2. The van der Waals surface area contributed by atoms with E-state index < -0.39 is 5.60 Å². The van der Waals surface area contributed by atoms with E-state index in [4.69, 9.17) is 4.74 Å². The average Bonchev–Trinajstić information content (AvgIpc) is 3.27. The number of carbonyl (C=O) groups is 1.